The molecular formula is C13H19N3. The molecule has 3 heteroatoms. The largest absolute Gasteiger partial charge is 0.368 e. The van der Waals surface area contributed by atoms with Crippen LogP contribution in [0.4, 0.5) is 5.69 Å². The Kier molecular flexibility index (Phi) is 2.36. The molecule has 16 heavy (non-hydrogen) atoms. The minimum absolute atomic E-state index is 0.454. The van der Waals surface area contributed by atoms with E-state index in [1.54, 1.807) is 0 Å². The highest BCUT2D eigenvalue weighted by molar-refractivity contribution is 5.46. The molecule has 0 bridgehead atoms. The Labute approximate surface area is 97.1 Å². The average Bonchev–Trinajstić information content (AvgIpc) is 2.90. The van der Waals surface area contributed by atoms with E-state index in [0.717, 1.165) is 0 Å². The van der Waals surface area contributed by atoms with Crippen LogP contribution in [0.1, 0.15) is 19.3 Å². The number of pyridine rings is 1. The lowest BCUT2D eigenvalue weighted by Gasteiger charge is -2.32. The van der Waals surface area contributed by atoms with Crippen molar-refractivity contribution < 1.29 is 0 Å². The summed E-state index contributed by atoms with van der Waals surface area (Å²) in [7, 11) is 2.28. The Morgan fingerprint density at radius 2 is 2.25 bits per heavy atom. The smallest absolute Gasteiger partial charge is 0.0553 e. The van der Waals surface area contributed by atoms with Crippen LogP contribution in [-0.2, 0) is 0 Å². The zero-order valence-electron chi connectivity index (χ0n) is 9.89. The van der Waals surface area contributed by atoms with E-state index in [0.29, 0.717) is 5.54 Å². The maximum atomic E-state index is 4.21. The summed E-state index contributed by atoms with van der Waals surface area (Å²) in [6.07, 6.45) is 7.85. The van der Waals surface area contributed by atoms with Crippen LogP contribution in [0.2, 0.25) is 0 Å². The second-order valence-electron chi connectivity index (χ2n) is 5.13. The Bertz CT molecular complexity index is 365. The van der Waals surface area contributed by atoms with Gasteiger partial charge in [-0.3, -0.25) is 9.88 Å². The van der Waals surface area contributed by atoms with E-state index in [4.69, 9.17) is 0 Å². The van der Waals surface area contributed by atoms with Crippen molar-refractivity contribution in [3.63, 3.8) is 0 Å². The fourth-order valence-electron chi connectivity index (χ4n) is 3.21. The molecule has 2 aliphatic heterocycles. The SMILES string of the molecule is CN1CCCC12CCN(c1cccnc1)C2. The van der Waals surface area contributed by atoms with Gasteiger partial charge in [0.1, 0.15) is 0 Å². The predicted octanol–water partition coefficient (Wildman–Crippen LogP) is 1.76. The first-order chi connectivity index (χ1) is 7.80. The van der Waals surface area contributed by atoms with Crippen molar-refractivity contribution >= 4 is 5.69 Å². The Hall–Kier alpha value is -1.09. The van der Waals surface area contributed by atoms with Crippen molar-refractivity contribution in [2.45, 2.75) is 24.8 Å². The molecule has 2 saturated heterocycles. The minimum atomic E-state index is 0.454. The van der Waals surface area contributed by atoms with Gasteiger partial charge in [-0.1, -0.05) is 0 Å². The first-order valence-corrected chi connectivity index (χ1v) is 6.16. The fourth-order valence-corrected chi connectivity index (χ4v) is 3.21. The average molecular weight is 217 g/mol. The molecule has 1 atom stereocenters. The third-order valence-electron chi connectivity index (χ3n) is 4.29. The van der Waals surface area contributed by atoms with Crippen LogP contribution in [0.5, 0.6) is 0 Å². The van der Waals surface area contributed by atoms with Crippen LogP contribution >= 0.6 is 0 Å². The van der Waals surface area contributed by atoms with E-state index in [1.807, 2.05) is 18.5 Å². The van der Waals surface area contributed by atoms with Crippen LogP contribution in [0, 0.1) is 0 Å². The van der Waals surface area contributed by atoms with Gasteiger partial charge in [0.2, 0.25) is 0 Å². The number of nitrogens with zero attached hydrogens (tertiary/aromatic N) is 3. The molecule has 0 saturated carbocycles. The summed E-state index contributed by atoms with van der Waals surface area (Å²) in [5, 5.41) is 0. The van der Waals surface area contributed by atoms with Gasteiger partial charge < -0.3 is 4.90 Å². The fraction of sp³-hybridized carbons (Fsp3) is 0.615. The first-order valence-electron chi connectivity index (χ1n) is 6.16. The monoisotopic (exact) mass is 217 g/mol. The molecule has 3 rings (SSSR count). The van der Waals surface area contributed by atoms with Crippen LogP contribution in [0.3, 0.4) is 0 Å². The zero-order valence-corrected chi connectivity index (χ0v) is 9.89. The molecule has 1 aromatic rings. The van der Waals surface area contributed by atoms with Crippen LogP contribution < -0.4 is 4.90 Å². The van der Waals surface area contributed by atoms with Crippen LogP contribution in [-0.4, -0.2) is 42.1 Å². The number of anilines is 1. The molecular weight excluding hydrogens is 198 g/mol. The Morgan fingerprint density at radius 3 is 2.94 bits per heavy atom. The highest BCUT2D eigenvalue weighted by Gasteiger charge is 2.44. The maximum absolute atomic E-state index is 4.21. The number of rotatable bonds is 1. The van der Waals surface area contributed by atoms with E-state index in [1.165, 1.54) is 44.6 Å². The Balaban J connectivity index is 1.78. The van der Waals surface area contributed by atoms with Crippen LogP contribution in [0.25, 0.3) is 0 Å². The molecule has 2 fully saturated rings. The van der Waals surface area contributed by atoms with Gasteiger partial charge in [0.15, 0.2) is 0 Å². The molecule has 1 aromatic heterocycles. The van der Waals surface area contributed by atoms with Gasteiger partial charge in [0.25, 0.3) is 0 Å². The lowest BCUT2D eigenvalue weighted by atomic mass is 9.96. The highest BCUT2D eigenvalue weighted by atomic mass is 15.3. The van der Waals surface area contributed by atoms with Gasteiger partial charge in [-0.2, -0.15) is 0 Å². The lowest BCUT2D eigenvalue weighted by Crippen LogP contribution is -2.43. The van der Waals surface area contributed by atoms with Gasteiger partial charge >= 0.3 is 0 Å². The molecule has 2 aliphatic rings. The van der Waals surface area contributed by atoms with Gasteiger partial charge in [-0.25, -0.2) is 0 Å². The zero-order chi connectivity index (χ0) is 11.0. The van der Waals surface area contributed by atoms with Crippen molar-refractivity contribution in [3.05, 3.63) is 24.5 Å². The van der Waals surface area contributed by atoms with Crippen LogP contribution in [0.15, 0.2) is 24.5 Å². The van der Waals surface area contributed by atoms with Crippen molar-refractivity contribution in [2.24, 2.45) is 0 Å². The summed E-state index contributed by atoms with van der Waals surface area (Å²) in [6.45, 7) is 3.62. The molecule has 86 valence electrons. The molecule has 1 spiro atoms. The third kappa shape index (κ3) is 1.50. The molecule has 0 aliphatic carbocycles. The minimum Gasteiger partial charge on any atom is -0.368 e. The van der Waals surface area contributed by atoms with E-state index < -0.39 is 0 Å². The van der Waals surface area contributed by atoms with Crippen molar-refractivity contribution in [3.8, 4) is 0 Å². The molecule has 3 heterocycles. The normalized spacial score (nSPS) is 30.4. The van der Waals surface area contributed by atoms with E-state index in [9.17, 15) is 0 Å². The summed E-state index contributed by atoms with van der Waals surface area (Å²) in [5.74, 6) is 0. The summed E-state index contributed by atoms with van der Waals surface area (Å²) in [6, 6.07) is 4.19. The van der Waals surface area contributed by atoms with E-state index in [2.05, 4.69) is 27.9 Å². The second kappa shape index (κ2) is 3.74. The highest BCUT2D eigenvalue weighted by Crippen LogP contribution is 2.37. The van der Waals surface area contributed by atoms with Crippen molar-refractivity contribution in [1.82, 2.24) is 9.88 Å². The summed E-state index contributed by atoms with van der Waals surface area (Å²) < 4.78 is 0. The maximum Gasteiger partial charge on any atom is 0.0553 e. The molecule has 3 nitrogen and oxygen atoms in total. The summed E-state index contributed by atoms with van der Waals surface area (Å²) >= 11 is 0. The second-order valence-corrected chi connectivity index (χ2v) is 5.13. The molecule has 0 N–H and O–H groups in total. The van der Waals surface area contributed by atoms with Gasteiger partial charge in [0, 0.05) is 24.8 Å². The standard InChI is InChI=1S/C13H19N3/c1-15-8-3-5-13(15)6-9-16(11-13)12-4-2-7-14-10-12/h2,4,7,10H,3,5-6,8-9,11H2,1H3. The molecule has 0 aromatic carbocycles. The third-order valence-corrected chi connectivity index (χ3v) is 4.29. The number of hydrogen-bond acceptors (Lipinski definition) is 3. The first kappa shape index (κ1) is 10.1. The number of likely N-dealkylation sites (N-methyl/N-ethyl adjacent to an activating group) is 1. The van der Waals surface area contributed by atoms with Crippen molar-refractivity contribution in [2.75, 3.05) is 31.6 Å². The number of aromatic nitrogens is 1. The van der Waals surface area contributed by atoms with Gasteiger partial charge in [-0.15, -0.1) is 0 Å². The quantitative estimate of drug-likeness (QED) is 0.714. The summed E-state index contributed by atoms with van der Waals surface area (Å²) in [4.78, 5) is 9.25. The Morgan fingerprint density at radius 1 is 1.31 bits per heavy atom. The van der Waals surface area contributed by atoms with E-state index in [-0.39, 0.29) is 0 Å². The number of hydrogen-bond donors (Lipinski definition) is 0. The number of likely N-dealkylation sites (tertiary alicyclic amines) is 1. The van der Waals surface area contributed by atoms with Gasteiger partial charge in [-0.05, 0) is 45.0 Å². The topological polar surface area (TPSA) is 19.4 Å². The lowest BCUT2D eigenvalue weighted by molar-refractivity contribution is 0.198. The van der Waals surface area contributed by atoms with Gasteiger partial charge in [0.05, 0.1) is 11.9 Å². The predicted molar refractivity (Wildman–Crippen MR) is 65.7 cm³/mol. The van der Waals surface area contributed by atoms with Crippen molar-refractivity contribution in [1.29, 1.82) is 0 Å². The molecule has 1 unspecified atom stereocenters. The summed E-state index contributed by atoms with van der Waals surface area (Å²) in [5.41, 5.74) is 1.73. The molecule has 0 amide bonds. The van der Waals surface area contributed by atoms with E-state index >= 15 is 0 Å². The molecule has 0 radical (unpaired) electrons.